The number of nitrogens with two attached hydrogens (primary N) is 1. The first-order valence-corrected chi connectivity index (χ1v) is 4.12. The summed E-state index contributed by atoms with van der Waals surface area (Å²) in [5.41, 5.74) is 7.81. The number of hydrazone groups is 1. The summed E-state index contributed by atoms with van der Waals surface area (Å²) in [5, 5.41) is 12.1. The monoisotopic (exact) mass is 202 g/mol. The van der Waals surface area contributed by atoms with Crippen molar-refractivity contribution in [3.05, 3.63) is 41.9 Å². The van der Waals surface area contributed by atoms with E-state index in [1.54, 1.807) is 24.3 Å². The standard InChI is InChI=1S/C10H10N4O/c1-13-14-10(12)9(7-11)15-8-5-3-2-4-6-8/h2-6,14H,1,12H2/b10-9-. The molecule has 0 radical (unpaired) electrons. The van der Waals surface area contributed by atoms with E-state index in [0.29, 0.717) is 5.75 Å². The lowest BCUT2D eigenvalue weighted by molar-refractivity contribution is 0.435. The first-order valence-electron chi connectivity index (χ1n) is 4.12. The molecule has 0 saturated heterocycles. The van der Waals surface area contributed by atoms with Crippen LogP contribution in [0.3, 0.4) is 0 Å². The Morgan fingerprint density at radius 3 is 2.67 bits per heavy atom. The number of hydrogen-bond acceptors (Lipinski definition) is 5. The van der Waals surface area contributed by atoms with E-state index in [9.17, 15) is 0 Å². The number of nitriles is 1. The quantitative estimate of drug-likeness (QED) is 0.329. The second-order valence-corrected chi connectivity index (χ2v) is 2.54. The molecule has 0 spiro atoms. The van der Waals surface area contributed by atoms with Crippen molar-refractivity contribution in [2.24, 2.45) is 10.8 Å². The zero-order chi connectivity index (χ0) is 11.1. The Morgan fingerprint density at radius 1 is 1.47 bits per heavy atom. The molecule has 5 heteroatoms. The minimum Gasteiger partial charge on any atom is -0.442 e. The molecular formula is C10H10N4O. The number of rotatable bonds is 4. The van der Waals surface area contributed by atoms with Crippen molar-refractivity contribution in [2.75, 3.05) is 0 Å². The summed E-state index contributed by atoms with van der Waals surface area (Å²) in [6.45, 7) is 3.18. The van der Waals surface area contributed by atoms with Crippen LogP contribution in [0, 0.1) is 11.3 Å². The number of ether oxygens (including phenoxy) is 1. The number of nitrogens with zero attached hydrogens (tertiary/aromatic N) is 2. The molecule has 0 amide bonds. The zero-order valence-electron chi connectivity index (χ0n) is 7.97. The Labute approximate surface area is 87.5 Å². The van der Waals surface area contributed by atoms with E-state index in [-0.39, 0.29) is 11.6 Å². The zero-order valence-corrected chi connectivity index (χ0v) is 7.97. The molecule has 0 fully saturated rings. The average Bonchev–Trinajstić information content (AvgIpc) is 2.27. The van der Waals surface area contributed by atoms with Crippen molar-refractivity contribution < 1.29 is 4.74 Å². The van der Waals surface area contributed by atoms with Crippen molar-refractivity contribution in [3.8, 4) is 11.8 Å². The van der Waals surface area contributed by atoms with Crippen LogP contribution in [0.4, 0.5) is 0 Å². The van der Waals surface area contributed by atoms with Crippen LogP contribution in [0.15, 0.2) is 47.0 Å². The molecule has 0 aromatic heterocycles. The number of hydrogen-bond donors (Lipinski definition) is 2. The van der Waals surface area contributed by atoms with E-state index < -0.39 is 0 Å². The third-order valence-corrected chi connectivity index (χ3v) is 1.51. The van der Waals surface area contributed by atoms with Gasteiger partial charge in [-0.05, 0) is 12.1 Å². The topological polar surface area (TPSA) is 83.4 Å². The lowest BCUT2D eigenvalue weighted by Crippen LogP contribution is -2.18. The van der Waals surface area contributed by atoms with Gasteiger partial charge in [0.25, 0.3) is 0 Å². The van der Waals surface area contributed by atoms with Crippen LogP contribution in [0.25, 0.3) is 0 Å². The Morgan fingerprint density at radius 2 is 2.13 bits per heavy atom. The second-order valence-electron chi connectivity index (χ2n) is 2.54. The summed E-state index contributed by atoms with van der Waals surface area (Å²) in [6.07, 6.45) is 0. The summed E-state index contributed by atoms with van der Waals surface area (Å²) in [4.78, 5) is 0. The van der Waals surface area contributed by atoms with Crippen molar-refractivity contribution in [1.82, 2.24) is 5.43 Å². The van der Waals surface area contributed by atoms with E-state index in [1.807, 2.05) is 12.1 Å². The fourth-order valence-electron chi connectivity index (χ4n) is 0.880. The Bertz CT molecular complexity index is 405. The van der Waals surface area contributed by atoms with Gasteiger partial charge in [0.2, 0.25) is 5.76 Å². The number of para-hydroxylation sites is 1. The molecule has 1 rings (SSSR count). The SMILES string of the molecule is C=NN/C(N)=C(/C#N)Oc1ccccc1. The molecule has 3 N–H and O–H groups in total. The van der Waals surface area contributed by atoms with Crippen LogP contribution in [0.5, 0.6) is 5.75 Å². The molecule has 15 heavy (non-hydrogen) atoms. The predicted molar refractivity (Wildman–Crippen MR) is 56.6 cm³/mol. The molecule has 0 aliphatic carbocycles. The Kier molecular flexibility index (Phi) is 3.74. The van der Waals surface area contributed by atoms with E-state index in [1.165, 1.54) is 0 Å². The van der Waals surface area contributed by atoms with Crippen LogP contribution in [-0.2, 0) is 0 Å². The van der Waals surface area contributed by atoms with Gasteiger partial charge in [-0.25, -0.2) is 0 Å². The van der Waals surface area contributed by atoms with Gasteiger partial charge < -0.3 is 10.5 Å². The fourth-order valence-corrected chi connectivity index (χ4v) is 0.880. The first kappa shape index (κ1) is 10.6. The summed E-state index contributed by atoms with van der Waals surface area (Å²) in [7, 11) is 0. The molecule has 1 aromatic rings. The van der Waals surface area contributed by atoms with Gasteiger partial charge in [-0.1, -0.05) is 18.2 Å². The van der Waals surface area contributed by atoms with Crippen LogP contribution < -0.4 is 15.9 Å². The molecule has 76 valence electrons. The molecule has 0 unspecified atom stereocenters. The van der Waals surface area contributed by atoms with Crippen LogP contribution in [-0.4, -0.2) is 6.72 Å². The minimum atomic E-state index is -0.0476. The maximum absolute atomic E-state index is 8.77. The largest absolute Gasteiger partial charge is 0.442 e. The van der Waals surface area contributed by atoms with E-state index in [4.69, 9.17) is 15.7 Å². The van der Waals surface area contributed by atoms with Gasteiger partial charge in [0.15, 0.2) is 5.82 Å². The smallest absolute Gasteiger partial charge is 0.245 e. The van der Waals surface area contributed by atoms with Crippen LogP contribution >= 0.6 is 0 Å². The Balaban J connectivity index is 2.84. The van der Waals surface area contributed by atoms with Gasteiger partial charge in [0, 0.05) is 6.72 Å². The van der Waals surface area contributed by atoms with Gasteiger partial charge in [-0.15, -0.1) is 0 Å². The number of benzene rings is 1. The maximum Gasteiger partial charge on any atom is 0.245 e. The predicted octanol–water partition coefficient (Wildman–Crippen LogP) is 0.922. The summed E-state index contributed by atoms with van der Waals surface area (Å²) < 4.78 is 5.22. The van der Waals surface area contributed by atoms with Crippen LogP contribution in [0.2, 0.25) is 0 Å². The van der Waals surface area contributed by atoms with E-state index in [0.717, 1.165) is 0 Å². The molecule has 0 aliphatic heterocycles. The van der Waals surface area contributed by atoms with Gasteiger partial charge in [0.05, 0.1) is 0 Å². The molecule has 0 bridgehead atoms. The van der Waals surface area contributed by atoms with Gasteiger partial charge in [0.1, 0.15) is 11.8 Å². The summed E-state index contributed by atoms with van der Waals surface area (Å²) in [5.74, 6) is 0.507. The highest BCUT2D eigenvalue weighted by molar-refractivity contribution is 5.29. The fraction of sp³-hybridized carbons (Fsp3) is 0. The van der Waals surface area contributed by atoms with E-state index in [2.05, 4.69) is 17.2 Å². The van der Waals surface area contributed by atoms with Crippen molar-refractivity contribution >= 4 is 6.72 Å². The van der Waals surface area contributed by atoms with Gasteiger partial charge >= 0.3 is 0 Å². The Hall–Kier alpha value is -2.48. The highest BCUT2D eigenvalue weighted by Crippen LogP contribution is 2.12. The van der Waals surface area contributed by atoms with Crippen LogP contribution in [0.1, 0.15) is 0 Å². The molecule has 0 aliphatic rings. The second kappa shape index (κ2) is 5.29. The minimum absolute atomic E-state index is 0.0244. The summed E-state index contributed by atoms with van der Waals surface area (Å²) >= 11 is 0. The van der Waals surface area contributed by atoms with Crippen molar-refractivity contribution in [2.45, 2.75) is 0 Å². The molecule has 0 heterocycles. The van der Waals surface area contributed by atoms with Crippen molar-refractivity contribution in [1.29, 1.82) is 5.26 Å². The first-order chi connectivity index (χ1) is 7.27. The van der Waals surface area contributed by atoms with Gasteiger partial charge in [-0.3, -0.25) is 5.43 Å². The highest BCUT2D eigenvalue weighted by atomic mass is 16.5. The lowest BCUT2D eigenvalue weighted by Gasteiger charge is -2.06. The molecular weight excluding hydrogens is 192 g/mol. The molecule has 0 saturated carbocycles. The normalized spacial score (nSPS) is 10.9. The van der Waals surface area contributed by atoms with E-state index >= 15 is 0 Å². The maximum atomic E-state index is 8.77. The average molecular weight is 202 g/mol. The third-order valence-electron chi connectivity index (χ3n) is 1.51. The molecule has 0 atom stereocenters. The summed E-state index contributed by atoms with van der Waals surface area (Å²) in [6, 6.07) is 10.7. The third kappa shape index (κ3) is 3.04. The van der Waals surface area contributed by atoms with Gasteiger partial charge in [-0.2, -0.15) is 10.4 Å². The molecule has 1 aromatic carbocycles. The number of allylic oxidation sites excluding steroid dienone is 1. The number of nitrogens with one attached hydrogen (secondary N) is 1. The highest BCUT2D eigenvalue weighted by Gasteiger charge is 2.04. The lowest BCUT2D eigenvalue weighted by atomic mass is 10.3. The molecule has 5 nitrogen and oxygen atoms in total. The van der Waals surface area contributed by atoms with Crippen molar-refractivity contribution in [3.63, 3.8) is 0 Å².